The van der Waals surface area contributed by atoms with Crippen LogP contribution in [0.4, 0.5) is 18.9 Å². The highest BCUT2D eigenvalue weighted by atomic mass is 35.5. The van der Waals surface area contributed by atoms with Gasteiger partial charge in [0.2, 0.25) is 10.0 Å². The van der Waals surface area contributed by atoms with Crippen molar-refractivity contribution in [3.8, 4) is 0 Å². The highest BCUT2D eigenvalue weighted by Crippen LogP contribution is 2.34. The summed E-state index contributed by atoms with van der Waals surface area (Å²) < 4.78 is 65.8. The third kappa shape index (κ3) is 4.57. The molecule has 0 saturated carbocycles. The largest absolute Gasteiger partial charge is 0.416 e. The quantitative estimate of drug-likeness (QED) is 0.740. The summed E-state index contributed by atoms with van der Waals surface area (Å²) in [5, 5.41) is 2.26. The first-order valence-electron chi connectivity index (χ1n) is 8.79. The predicted octanol–water partition coefficient (Wildman–Crippen LogP) is 4.70. The van der Waals surface area contributed by atoms with Crippen LogP contribution in [0.25, 0.3) is 0 Å². The van der Waals surface area contributed by atoms with Crippen molar-refractivity contribution in [1.29, 1.82) is 0 Å². The Bertz CT molecular complexity index is 1050. The molecule has 2 aromatic carbocycles. The molecule has 3 rings (SSSR count). The number of carbonyl (C=O) groups is 1. The van der Waals surface area contributed by atoms with Gasteiger partial charge in [0.15, 0.2) is 0 Å². The number of rotatable bonds is 4. The van der Waals surface area contributed by atoms with E-state index >= 15 is 0 Å². The molecular weight excluding hydrogens is 429 g/mol. The SMILES string of the molecule is Cc1ccc(C(=O)Nc2cc(C(F)(F)F)ccc2Cl)cc1S(=O)(=O)N1CCCC1. The van der Waals surface area contributed by atoms with Crippen LogP contribution in [0.5, 0.6) is 0 Å². The van der Waals surface area contributed by atoms with Gasteiger partial charge in [-0.25, -0.2) is 8.42 Å². The zero-order valence-corrected chi connectivity index (χ0v) is 17.0. The first kappa shape index (κ1) is 21.6. The van der Waals surface area contributed by atoms with Gasteiger partial charge in [-0.1, -0.05) is 17.7 Å². The Balaban J connectivity index is 1.91. The van der Waals surface area contributed by atoms with Crippen molar-refractivity contribution in [2.45, 2.75) is 30.8 Å². The van der Waals surface area contributed by atoms with Crippen LogP contribution in [0, 0.1) is 6.92 Å². The number of sulfonamides is 1. The monoisotopic (exact) mass is 446 g/mol. The van der Waals surface area contributed by atoms with Gasteiger partial charge in [0, 0.05) is 18.7 Å². The number of anilines is 1. The molecule has 1 heterocycles. The van der Waals surface area contributed by atoms with Gasteiger partial charge < -0.3 is 5.32 Å². The number of alkyl halides is 3. The number of nitrogens with zero attached hydrogens (tertiary/aromatic N) is 1. The van der Waals surface area contributed by atoms with Gasteiger partial charge in [-0.05, 0) is 55.7 Å². The number of benzene rings is 2. The first-order valence-corrected chi connectivity index (χ1v) is 10.6. The number of hydrogen-bond donors (Lipinski definition) is 1. The molecule has 0 atom stereocenters. The van der Waals surface area contributed by atoms with Crippen molar-refractivity contribution in [2.75, 3.05) is 18.4 Å². The summed E-state index contributed by atoms with van der Waals surface area (Å²) in [6.07, 6.45) is -3.05. The Kier molecular flexibility index (Phi) is 5.93. The van der Waals surface area contributed by atoms with E-state index in [2.05, 4.69) is 5.32 Å². The number of carbonyl (C=O) groups excluding carboxylic acids is 1. The van der Waals surface area contributed by atoms with Gasteiger partial charge in [0.25, 0.3) is 5.91 Å². The molecule has 1 aliphatic heterocycles. The van der Waals surface area contributed by atoms with Crippen LogP contribution < -0.4 is 5.32 Å². The molecule has 1 amide bonds. The average Bonchev–Trinajstić information content (AvgIpc) is 3.18. The highest BCUT2D eigenvalue weighted by molar-refractivity contribution is 7.89. The van der Waals surface area contributed by atoms with E-state index in [1.807, 2.05) is 0 Å². The topological polar surface area (TPSA) is 66.5 Å². The molecular formula is C19H18ClF3N2O3S. The van der Waals surface area contributed by atoms with Crippen LogP contribution in [-0.2, 0) is 16.2 Å². The van der Waals surface area contributed by atoms with Crippen LogP contribution in [0.3, 0.4) is 0 Å². The maximum atomic E-state index is 12.9. The Morgan fingerprint density at radius 3 is 2.38 bits per heavy atom. The van der Waals surface area contributed by atoms with Crippen LogP contribution in [0.2, 0.25) is 5.02 Å². The summed E-state index contributed by atoms with van der Waals surface area (Å²) >= 11 is 5.91. The van der Waals surface area contributed by atoms with E-state index in [0.29, 0.717) is 18.7 Å². The van der Waals surface area contributed by atoms with E-state index in [1.54, 1.807) is 6.92 Å². The van der Waals surface area contributed by atoms with Crippen molar-refractivity contribution in [3.63, 3.8) is 0 Å². The van der Waals surface area contributed by atoms with Gasteiger partial charge in [-0.15, -0.1) is 0 Å². The first-order chi connectivity index (χ1) is 13.5. The Hall–Kier alpha value is -2.10. The molecule has 0 aromatic heterocycles. The zero-order valence-electron chi connectivity index (χ0n) is 15.4. The lowest BCUT2D eigenvalue weighted by Crippen LogP contribution is -2.28. The van der Waals surface area contributed by atoms with Crippen molar-refractivity contribution in [1.82, 2.24) is 4.31 Å². The minimum absolute atomic E-state index is 0.00171. The fourth-order valence-electron chi connectivity index (χ4n) is 3.08. The van der Waals surface area contributed by atoms with E-state index in [4.69, 9.17) is 11.6 Å². The number of nitrogens with one attached hydrogen (secondary N) is 1. The second kappa shape index (κ2) is 7.97. The van der Waals surface area contributed by atoms with E-state index in [0.717, 1.165) is 31.0 Å². The second-order valence-corrected chi connectivity index (χ2v) is 9.05. The Labute approximate surface area is 171 Å². The summed E-state index contributed by atoms with van der Waals surface area (Å²) in [6.45, 7) is 2.45. The standard InChI is InChI=1S/C19H18ClF3N2O3S/c1-12-4-5-13(10-17(12)29(27,28)25-8-2-3-9-25)18(26)24-16-11-14(19(21,22)23)6-7-15(16)20/h4-7,10-11H,2-3,8-9H2,1H3,(H,24,26). The van der Waals surface area contributed by atoms with E-state index in [-0.39, 0.29) is 21.2 Å². The number of aryl methyl sites for hydroxylation is 1. The van der Waals surface area contributed by atoms with Gasteiger partial charge in [0.1, 0.15) is 0 Å². The lowest BCUT2D eigenvalue weighted by molar-refractivity contribution is -0.137. The summed E-state index contributed by atoms with van der Waals surface area (Å²) in [4.78, 5) is 12.6. The number of amides is 1. The van der Waals surface area contributed by atoms with E-state index in [1.165, 1.54) is 22.5 Å². The van der Waals surface area contributed by atoms with Crippen LogP contribution in [0.15, 0.2) is 41.3 Å². The average molecular weight is 447 g/mol. The maximum Gasteiger partial charge on any atom is 0.416 e. The molecule has 156 valence electrons. The maximum absolute atomic E-state index is 12.9. The Morgan fingerprint density at radius 1 is 1.10 bits per heavy atom. The molecule has 0 unspecified atom stereocenters. The lowest BCUT2D eigenvalue weighted by Gasteiger charge is -2.18. The fraction of sp³-hybridized carbons (Fsp3) is 0.316. The smallest absolute Gasteiger partial charge is 0.321 e. The van der Waals surface area contributed by atoms with Gasteiger partial charge in [-0.2, -0.15) is 17.5 Å². The Morgan fingerprint density at radius 2 is 1.76 bits per heavy atom. The molecule has 10 heteroatoms. The summed E-state index contributed by atoms with van der Waals surface area (Å²) in [6, 6.07) is 6.72. The fourth-order valence-corrected chi connectivity index (χ4v) is 5.01. The van der Waals surface area contributed by atoms with Crippen molar-refractivity contribution < 1.29 is 26.4 Å². The molecule has 0 spiro atoms. The minimum Gasteiger partial charge on any atom is -0.321 e. The molecule has 2 aromatic rings. The van der Waals surface area contributed by atoms with Crippen molar-refractivity contribution >= 4 is 33.2 Å². The van der Waals surface area contributed by atoms with Crippen molar-refractivity contribution in [2.24, 2.45) is 0 Å². The van der Waals surface area contributed by atoms with E-state index in [9.17, 15) is 26.4 Å². The summed E-state index contributed by atoms with van der Waals surface area (Å²) in [5.74, 6) is -0.760. The van der Waals surface area contributed by atoms with Gasteiger partial charge >= 0.3 is 6.18 Å². The number of hydrogen-bond acceptors (Lipinski definition) is 3. The van der Waals surface area contributed by atoms with Crippen LogP contribution in [0.1, 0.15) is 34.3 Å². The van der Waals surface area contributed by atoms with Gasteiger partial charge in [0.05, 0.1) is 21.2 Å². The molecule has 0 aliphatic carbocycles. The normalized spacial score (nSPS) is 15.5. The second-order valence-electron chi connectivity index (χ2n) is 6.74. The zero-order chi connectivity index (χ0) is 21.4. The van der Waals surface area contributed by atoms with Gasteiger partial charge in [-0.3, -0.25) is 4.79 Å². The lowest BCUT2D eigenvalue weighted by atomic mass is 10.1. The van der Waals surface area contributed by atoms with Crippen molar-refractivity contribution in [3.05, 3.63) is 58.1 Å². The van der Waals surface area contributed by atoms with E-state index < -0.39 is 27.7 Å². The molecule has 5 nitrogen and oxygen atoms in total. The molecule has 1 fully saturated rings. The third-order valence-electron chi connectivity index (χ3n) is 4.68. The molecule has 0 radical (unpaired) electrons. The van der Waals surface area contributed by atoms with Crippen LogP contribution in [-0.4, -0.2) is 31.7 Å². The summed E-state index contributed by atoms with van der Waals surface area (Å²) in [5.41, 5.74) is -0.693. The molecule has 0 bridgehead atoms. The predicted molar refractivity (Wildman–Crippen MR) is 104 cm³/mol. The third-order valence-corrected chi connectivity index (χ3v) is 7.05. The number of halogens is 4. The minimum atomic E-state index is -4.59. The molecule has 29 heavy (non-hydrogen) atoms. The summed E-state index contributed by atoms with van der Waals surface area (Å²) in [7, 11) is -3.75. The molecule has 1 saturated heterocycles. The highest BCUT2D eigenvalue weighted by Gasteiger charge is 2.32. The molecule has 1 aliphatic rings. The van der Waals surface area contributed by atoms with Crippen LogP contribution >= 0.6 is 11.6 Å². The molecule has 1 N–H and O–H groups in total.